The molecule has 3 rings (SSSR count). The van der Waals surface area contributed by atoms with Crippen LogP contribution in [0.4, 0.5) is 0 Å². The number of halogens is 1. The fraction of sp³-hybridized carbons (Fsp3) is 0.529. The standard InChI is InChI=1S/C17H24BrN3OSi/c1-17(2,3)23(4,5)22-14-11-13(12-9-7-6-8-10-12)21-15(14)19-16(18)20-21/h6-10,13-14H,11H2,1-5H3/t13-,14+/m0/s1. The Morgan fingerprint density at radius 2 is 1.87 bits per heavy atom. The molecule has 4 nitrogen and oxygen atoms in total. The molecule has 0 N–H and O–H groups in total. The van der Waals surface area contributed by atoms with Gasteiger partial charge in [0.2, 0.25) is 4.73 Å². The fourth-order valence-electron chi connectivity index (χ4n) is 2.75. The van der Waals surface area contributed by atoms with Gasteiger partial charge in [0.25, 0.3) is 0 Å². The number of nitrogens with zero attached hydrogens (tertiary/aromatic N) is 3. The second-order valence-corrected chi connectivity index (χ2v) is 13.2. The van der Waals surface area contributed by atoms with Crippen molar-refractivity contribution >= 4 is 24.2 Å². The lowest BCUT2D eigenvalue weighted by atomic mass is 10.0. The average Bonchev–Trinajstić information content (AvgIpc) is 2.97. The third-order valence-corrected chi connectivity index (χ3v) is 9.90. The first-order valence-electron chi connectivity index (χ1n) is 8.04. The Morgan fingerprint density at radius 3 is 2.48 bits per heavy atom. The Balaban J connectivity index is 1.93. The van der Waals surface area contributed by atoms with Crippen LogP contribution < -0.4 is 0 Å². The molecule has 1 aliphatic heterocycles. The first-order valence-corrected chi connectivity index (χ1v) is 11.7. The zero-order valence-electron chi connectivity index (χ0n) is 14.4. The van der Waals surface area contributed by atoms with Crippen molar-refractivity contribution in [1.29, 1.82) is 0 Å². The summed E-state index contributed by atoms with van der Waals surface area (Å²) in [5, 5.41) is 4.73. The lowest BCUT2D eigenvalue weighted by molar-refractivity contribution is 0.178. The van der Waals surface area contributed by atoms with E-state index < -0.39 is 8.32 Å². The van der Waals surface area contributed by atoms with Gasteiger partial charge >= 0.3 is 0 Å². The minimum absolute atomic E-state index is 0.0138. The Bertz CT molecular complexity index is 694. The van der Waals surface area contributed by atoms with Crippen molar-refractivity contribution in [2.45, 2.75) is 57.5 Å². The van der Waals surface area contributed by atoms with Crippen molar-refractivity contribution in [1.82, 2.24) is 14.8 Å². The van der Waals surface area contributed by atoms with Crippen molar-refractivity contribution in [2.75, 3.05) is 0 Å². The summed E-state index contributed by atoms with van der Waals surface area (Å²) in [7, 11) is -1.86. The van der Waals surface area contributed by atoms with E-state index in [0.717, 1.165) is 12.2 Å². The summed E-state index contributed by atoms with van der Waals surface area (Å²) in [5.41, 5.74) is 1.26. The SMILES string of the molecule is CC(C)(C)[Si](C)(C)O[C@@H]1C[C@@H](c2ccccc2)n2nc(Br)nc21. The van der Waals surface area contributed by atoms with Crippen molar-refractivity contribution in [3.05, 3.63) is 46.5 Å². The molecule has 0 spiro atoms. The topological polar surface area (TPSA) is 39.9 Å². The number of hydrogen-bond donors (Lipinski definition) is 0. The highest BCUT2D eigenvalue weighted by Crippen LogP contribution is 2.45. The molecule has 0 aliphatic carbocycles. The van der Waals surface area contributed by atoms with Gasteiger partial charge in [-0.25, -0.2) is 9.67 Å². The number of rotatable bonds is 3. The highest BCUT2D eigenvalue weighted by molar-refractivity contribution is 9.10. The molecule has 23 heavy (non-hydrogen) atoms. The van der Waals surface area contributed by atoms with Crippen LogP contribution in [0.15, 0.2) is 35.1 Å². The molecule has 0 unspecified atom stereocenters. The van der Waals surface area contributed by atoms with Crippen molar-refractivity contribution in [3.63, 3.8) is 0 Å². The summed E-state index contributed by atoms with van der Waals surface area (Å²) in [5.74, 6) is 0.940. The van der Waals surface area contributed by atoms with E-state index in [2.05, 4.69) is 84.1 Å². The van der Waals surface area contributed by atoms with Crippen LogP contribution in [-0.2, 0) is 4.43 Å². The van der Waals surface area contributed by atoms with Gasteiger partial charge in [-0.05, 0) is 39.6 Å². The minimum atomic E-state index is -1.86. The molecule has 2 aromatic rings. The fourth-order valence-corrected chi connectivity index (χ4v) is 4.37. The molecule has 0 saturated heterocycles. The van der Waals surface area contributed by atoms with E-state index >= 15 is 0 Å². The quantitative estimate of drug-likeness (QED) is 0.681. The zero-order chi connectivity index (χ0) is 16.8. The monoisotopic (exact) mass is 393 g/mol. The van der Waals surface area contributed by atoms with Crippen LogP contribution >= 0.6 is 15.9 Å². The molecule has 0 radical (unpaired) electrons. The van der Waals surface area contributed by atoms with Crippen LogP contribution in [-0.4, -0.2) is 23.1 Å². The average molecular weight is 394 g/mol. The van der Waals surface area contributed by atoms with Crippen LogP contribution in [0, 0.1) is 0 Å². The predicted octanol–water partition coefficient (Wildman–Crippen LogP) is 5.10. The summed E-state index contributed by atoms with van der Waals surface area (Å²) in [4.78, 5) is 4.58. The summed E-state index contributed by atoms with van der Waals surface area (Å²) >= 11 is 3.42. The summed E-state index contributed by atoms with van der Waals surface area (Å²) in [6.45, 7) is 11.4. The van der Waals surface area contributed by atoms with Crippen LogP contribution in [0.2, 0.25) is 18.1 Å². The van der Waals surface area contributed by atoms with E-state index in [1.807, 2.05) is 10.7 Å². The minimum Gasteiger partial charge on any atom is -0.407 e. The normalized spacial score (nSPS) is 21.5. The number of benzene rings is 1. The maximum Gasteiger partial charge on any atom is 0.217 e. The molecule has 0 amide bonds. The Hall–Kier alpha value is -0.983. The van der Waals surface area contributed by atoms with E-state index in [-0.39, 0.29) is 17.2 Å². The molecule has 1 aromatic carbocycles. The third-order valence-electron chi connectivity index (χ3n) is 5.08. The molecule has 0 fully saturated rings. The molecule has 2 atom stereocenters. The largest absolute Gasteiger partial charge is 0.407 e. The number of aromatic nitrogens is 3. The molecule has 1 aliphatic rings. The van der Waals surface area contributed by atoms with Gasteiger partial charge in [0, 0.05) is 6.42 Å². The van der Waals surface area contributed by atoms with E-state index in [0.29, 0.717) is 4.73 Å². The van der Waals surface area contributed by atoms with Gasteiger partial charge in [-0.1, -0.05) is 51.1 Å². The smallest absolute Gasteiger partial charge is 0.217 e. The molecule has 0 bridgehead atoms. The van der Waals surface area contributed by atoms with Crippen molar-refractivity contribution in [3.8, 4) is 0 Å². The number of hydrogen-bond acceptors (Lipinski definition) is 3. The first kappa shape index (κ1) is 16.9. The van der Waals surface area contributed by atoms with Crippen molar-refractivity contribution < 1.29 is 4.43 Å². The van der Waals surface area contributed by atoms with Gasteiger partial charge in [-0.15, -0.1) is 5.10 Å². The lowest BCUT2D eigenvalue weighted by Crippen LogP contribution is -2.41. The van der Waals surface area contributed by atoms with Gasteiger partial charge < -0.3 is 4.43 Å². The van der Waals surface area contributed by atoms with Crippen LogP contribution in [0.1, 0.15) is 50.7 Å². The summed E-state index contributed by atoms with van der Waals surface area (Å²) in [6, 6.07) is 10.7. The Morgan fingerprint density at radius 1 is 1.22 bits per heavy atom. The maximum atomic E-state index is 6.65. The van der Waals surface area contributed by atoms with Crippen molar-refractivity contribution in [2.24, 2.45) is 0 Å². The zero-order valence-corrected chi connectivity index (χ0v) is 17.0. The molecule has 0 saturated carbocycles. The molecule has 124 valence electrons. The van der Waals surface area contributed by atoms with Gasteiger partial charge in [0.1, 0.15) is 6.10 Å². The second kappa shape index (κ2) is 5.83. The number of fused-ring (bicyclic) bond motifs is 1. The van der Waals surface area contributed by atoms with Gasteiger partial charge in [-0.3, -0.25) is 0 Å². The van der Waals surface area contributed by atoms with E-state index in [1.54, 1.807) is 0 Å². The highest BCUT2D eigenvalue weighted by Gasteiger charge is 2.44. The molecular formula is C17H24BrN3OSi. The van der Waals surface area contributed by atoms with E-state index in [4.69, 9.17) is 4.43 Å². The highest BCUT2D eigenvalue weighted by atomic mass is 79.9. The second-order valence-electron chi connectivity index (χ2n) is 7.71. The van der Waals surface area contributed by atoms with Crippen LogP contribution in [0.5, 0.6) is 0 Å². The molecule has 6 heteroatoms. The summed E-state index contributed by atoms with van der Waals surface area (Å²) < 4.78 is 9.31. The molecule has 1 aromatic heterocycles. The Kier molecular flexibility index (Phi) is 4.27. The third kappa shape index (κ3) is 3.16. The van der Waals surface area contributed by atoms with Crippen LogP contribution in [0.25, 0.3) is 0 Å². The predicted molar refractivity (Wildman–Crippen MR) is 97.9 cm³/mol. The lowest BCUT2D eigenvalue weighted by Gasteiger charge is -2.38. The summed E-state index contributed by atoms with van der Waals surface area (Å²) in [6.07, 6.45) is 0.916. The van der Waals surface area contributed by atoms with E-state index in [9.17, 15) is 0 Å². The Labute approximate surface area is 147 Å². The molecular weight excluding hydrogens is 370 g/mol. The maximum absolute atomic E-state index is 6.65. The first-order chi connectivity index (χ1) is 10.7. The van der Waals surface area contributed by atoms with Crippen LogP contribution in [0.3, 0.4) is 0 Å². The van der Waals surface area contributed by atoms with Gasteiger partial charge in [0.15, 0.2) is 14.1 Å². The van der Waals surface area contributed by atoms with E-state index in [1.165, 1.54) is 5.56 Å². The van der Waals surface area contributed by atoms with Gasteiger partial charge in [0.05, 0.1) is 6.04 Å². The van der Waals surface area contributed by atoms with Gasteiger partial charge in [-0.2, -0.15) is 0 Å². The molecule has 2 heterocycles.